The second-order valence-electron chi connectivity index (χ2n) is 5.04. The van der Waals surface area contributed by atoms with Gasteiger partial charge in [-0.15, -0.1) is 11.8 Å². The summed E-state index contributed by atoms with van der Waals surface area (Å²) in [5.41, 5.74) is 1.24. The van der Waals surface area contributed by atoms with Crippen LogP contribution in [0, 0.1) is 5.92 Å². The average Bonchev–Trinajstić information content (AvgIpc) is 2.83. The number of aliphatic hydroxyl groups is 1. The Kier molecular flexibility index (Phi) is 5.73. The lowest BCUT2D eigenvalue weighted by Crippen LogP contribution is -2.33. The molecule has 19 heavy (non-hydrogen) atoms. The second-order valence-corrected chi connectivity index (χ2v) is 6.03. The van der Waals surface area contributed by atoms with Gasteiger partial charge in [-0.1, -0.05) is 36.8 Å². The molecular formula is C15H21NO2S. The predicted molar refractivity (Wildman–Crippen MR) is 79.0 cm³/mol. The monoisotopic (exact) mass is 279 g/mol. The van der Waals surface area contributed by atoms with Crippen LogP contribution in [-0.4, -0.2) is 29.4 Å². The second kappa shape index (κ2) is 7.56. The molecule has 1 aliphatic rings. The molecular weight excluding hydrogens is 258 g/mol. The van der Waals surface area contributed by atoms with Crippen LogP contribution in [0.4, 0.5) is 0 Å². The SMILES string of the molecule is O=C(CSCc1ccccc1)NCC1CCCC1O. The van der Waals surface area contributed by atoms with Gasteiger partial charge in [0.25, 0.3) is 0 Å². The van der Waals surface area contributed by atoms with Crippen LogP contribution in [0.2, 0.25) is 0 Å². The van der Waals surface area contributed by atoms with Crippen molar-refractivity contribution < 1.29 is 9.90 Å². The largest absolute Gasteiger partial charge is 0.393 e. The third-order valence-corrected chi connectivity index (χ3v) is 4.53. The highest BCUT2D eigenvalue weighted by Crippen LogP contribution is 2.24. The number of carbonyl (C=O) groups is 1. The molecule has 2 rings (SSSR count). The number of carbonyl (C=O) groups excluding carboxylic acids is 1. The molecule has 1 aliphatic carbocycles. The van der Waals surface area contributed by atoms with Crippen molar-refractivity contribution in [2.75, 3.05) is 12.3 Å². The summed E-state index contributed by atoms with van der Waals surface area (Å²) < 4.78 is 0. The van der Waals surface area contributed by atoms with E-state index in [1.165, 1.54) is 5.56 Å². The highest BCUT2D eigenvalue weighted by molar-refractivity contribution is 7.99. The van der Waals surface area contributed by atoms with Crippen molar-refractivity contribution in [3.05, 3.63) is 35.9 Å². The van der Waals surface area contributed by atoms with Crippen LogP contribution in [0.15, 0.2) is 30.3 Å². The van der Waals surface area contributed by atoms with Gasteiger partial charge < -0.3 is 10.4 Å². The molecule has 1 aromatic rings. The first-order valence-corrected chi connectivity index (χ1v) is 7.97. The predicted octanol–water partition coefficient (Wildman–Crippen LogP) is 2.20. The smallest absolute Gasteiger partial charge is 0.230 e. The van der Waals surface area contributed by atoms with Gasteiger partial charge in [-0.2, -0.15) is 0 Å². The van der Waals surface area contributed by atoms with Crippen molar-refractivity contribution in [3.8, 4) is 0 Å². The number of aliphatic hydroxyl groups excluding tert-OH is 1. The zero-order valence-corrected chi connectivity index (χ0v) is 11.9. The fourth-order valence-electron chi connectivity index (χ4n) is 2.39. The molecule has 0 aliphatic heterocycles. The van der Waals surface area contributed by atoms with E-state index < -0.39 is 0 Å². The summed E-state index contributed by atoms with van der Waals surface area (Å²) >= 11 is 1.62. The number of hydrogen-bond donors (Lipinski definition) is 2. The fourth-order valence-corrected chi connectivity index (χ4v) is 3.20. The first-order chi connectivity index (χ1) is 9.25. The van der Waals surface area contributed by atoms with Crippen LogP contribution in [0.5, 0.6) is 0 Å². The van der Waals surface area contributed by atoms with Crippen molar-refractivity contribution in [2.24, 2.45) is 5.92 Å². The third-order valence-electron chi connectivity index (χ3n) is 3.53. The summed E-state index contributed by atoms with van der Waals surface area (Å²) in [5.74, 6) is 1.67. The topological polar surface area (TPSA) is 49.3 Å². The zero-order chi connectivity index (χ0) is 13.5. The van der Waals surface area contributed by atoms with Gasteiger partial charge >= 0.3 is 0 Å². The quantitative estimate of drug-likeness (QED) is 0.839. The van der Waals surface area contributed by atoms with Crippen molar-refractivity contribution in [1.29, 1.82) is 0 Å². The van der Waals surface area contributed by atoms with Gasteiger partial charge in [-0.3, -0.25) is 4.79 Å². The molecule has 2 atom stereocenters. The molecule has 1 fully saturated rings. The Bertz CT molecular complexity index is 396. The number of rotatable bonds is 6. The van der Waals surface area contributed by atoms with Crippen molar-refractivity contribution in [1.82, 2.24) is 5.32 Å². The molecule has 0 radical (unpaired) electrons. The number of thioether (sulfide) groups is 1. The Labute approximate surface area is 118 Å². The molecule has 1 aromatic carbocycles. The fraction of sp³-hybridized carbons (Fsp3) is 0.533. The molecule has 2 N–H and O–H groups in total. The van der Waals surface area contributed by atoms with E-state index in [9.17, 15) is 9.90 Å². The van der Waals surface area contributed by atoms with Gasteiger partial charge in [0.1, 0.15) is 0 Å². The first-order valence-electron chi connectivity index (χ1n) is 6.82. The van der Waals surface area contributed by atoms with Gasteiger partial charge in [0.2, 0.25) is 5.91 Å². The van der Waals surface area contributed by atoms with Gasteiger partial charge in [0.15, 0.2) is 0 Å². The minimum atomic E-state index is -0.225. The van der Waals surface area contributed by atoms with Gasteiger partial charge in [-0.05, 0) is 18.4 Å². The number of hydrogen-bond acceptors (Lipinski definition) is 3. The van der Waals surface area contributed by atoms with E-state index in [1.54, 1.807) is 11.8 Å². The maximum atomic E-state index is 11.7. The highest BCUT2D eigenvalue weighted by Gasteiger charge is 2.25. The van der Waals surface area contributed by atoms with Crippen LogP contribution in [0.25, 0.3) is 0 Å². The molecule has 0 aromatic heterocycles. The third kappa shape index (κ3) is 4.88. The Morgan fingerprint density at radius 2 is 2.11 bits per heavy atom. The molecule has 1 saturated carbocycles. The molecule has 4 heteroatoms. The van der Waals surface area contributed by atoms with Crippen LogP contribution in [-0.2, 0) is 10.5 Å². The lowest BCUT2D eigenvalue weighted by molar-refractivity contribution is -0.118. The Morgan fingerprint density at radius 3 is 2.79 bits per heavy atom. The minimum Gasteiger partial charge on any atom is -0.393 e. The molecule has 0 bridgehead atoms. The average molecular weight is 279 g/mol. The summed E-state index contributed by atoms with van der Waals surface area (Å²) in [6, 6.07) is 10.2. The first kappa shape index (κ1) is 14.4. The maximum absolute atomic E-state index is 11.7. The maximum Gasteiger partial charge on any atom is 0.230 e. The van der Waals surface area contributed by atoms with E-state index in [0.29, 0.717) is 12.3 Å². The van der Waals surface area contributed by atoms with Gasteiger partial charge in [-0.25, -0.2) is 0 Å². The van der Waals surface area contributed by atoms with Gasteiger partial charge in [0, 0.05) is 18.2 Å². The molecule has 1 amide bonds. The van der Waals surface area contributed by atoms with Crippen molar-refractivity contribution in [2.45, 2.75) is 31.1 Å². The number of amides is 1. The highest BCUT2D eigenvalue weighted by atomic mass is 32.2. The minimum absolute atomic E-state index is 0.0695. The van der Waals surface area contributed by atoms with E-state index in [0.717, 1.165) is 25.0 Å². The van der Waals surface area contributed by atoms with Crippen molar-refractivity contribution >= 4 is 17.7 Å². The number of nitrogens with one attached hydrogen (secondary N) is 1. The van der Waals surface area contributed by atoms with E-state index in [4.69, 9.17) is 0 Å². The summed E-state index contributed by atoms with van der Waals surface area (Å²) in [6.45, 7) is 0.617. The zero-order valence-electron chi connectivity index (χ0n) is 11.0. The summed E-state index contributed by atoms with van der Waals surface area (Å²) in [6.07, 6.45) is 2.75. The van der Waals surface area contributed by atoms with Gasteiger partial charge in [0.05, 0.1) is 11.9 Å². The molecule has 0 heterocycles. The molecule has 0 saturated heterocycles. The standard InChI is InChI=1S/C15H21NO2S/c17-14-8-4-7-13(14)9-16-15(18)11-19-10-12-5-2-1-3-6-12/h1-3,5-6,13-14,17H,4,7-11H2,(H,16,18). The van der Waals surface area contributed by atoms with Crippen LogP contribution in [0.1, 0.15) is 24.8 Å². The Morgan fingerprint density at radius 1 is 1.32 bits per heavy atom. The summed E-state index contributed by atoms with van der Waals surface area (Å²) in [5, 5.41) is 12.6. The molecule has 2 unspecified atom stereocenters. The summed E-state index contributed by atoms with van der Waals surface area (Å²) in [4.78, 5) is 11.7. The lowest BCUT2D eigenvalue weighted by Gasteiger charge is -2.14. The van der Waals surface area contributed by atoms with E-state index in [2.05, 4.69) is 17.4 Å². The van der Waals surface area contributed by atoms with Crippen molar-refractivity contribution in [3.63, 3.8) is 0 Å². The van der Waals surface area contributed by atoms with Crippen LogP contribution >= 0.6 is 11.8 Å². The van der Waals surface area contributed by atoms with E-state index >= 15 is 0 Å². The Balaban J connectivity index is 1.59. The van der Waals surface area contributed by atoms with E-state index in [1.807, 2.05) is 18.2 Å². The van der Waals surface area contributed by atoms with Crippen LogP contribution < -0.4 is 5.32 Å². The van der Waals surface area contributed by atoms with Crippen LogP contribution in [0.3, 0.4) is 0 Å². The molecule has 104 valence electrons. The van der Waals surface area contributed by atoms with E-state index in [-0.39, 0.29) is 17.9 Å². The summed E-state index contributed by atoms with van der Waals surface area (Å²) in [7, 11) is 0. The molecule has 0 spiro atoms. The number of benzene rings is 1. The Hall–Kier alpha value is -1.00. The lowest BCUT2D eigenvalue weighted by atomic mass is 10.1. The molecule has 3 nitrogen and oxygen atoms in total. The normalized spacial score (nSPS) is 22.4.